The van der Waals surface area contributed by atoms with E-state index in [1.165, 1.54) is 62.5 Å². The monoisotopic (exact) mass is 632 g/mol. The normalized spacial score (nSPS) is 32.5. The molecule has 3 fully saturated rings. The van der Waals surface area contributed by atoms with Gasteiger partial charge in [-0.1, -0.05) is 51.0 Å². The van der Waals surface area contributed by atoms with Gasteiger partial charge in [0.25, 0.3) is 0 Å². The van der Waals surface area contributed by atoms with Crippen LogP contribution in [0.3, 0.4) is 0 Å². The van der Waals surface area contributed by atoms with Gasteiger partial charge < -0.3 is 13.3 Å². The Morgan fingerprint density at radius 3 is 2.19 bits per heavy atom. The molecule has 3 nitrogen and oxygen atoms in total. The molecule has 1 unspecified atom stereocenters. The van der Waals surface area contributed by atoms with Crippen LogP contribution in [-0.2, 0) is 13.3 Å². The first-order valence-corrected chi connectivity index (χ1v) is 27.5. The fourth-order valence-electron chi connectivity index (χ4n) is 8.71. The van der Waals surface area contributed by atoms with E-state index in [-0.39, 0.29) is 17.8 Å². The van der Waals surface area contributed by atoms with Crippen LogP contribution in [0.5, 0.6) is 0 Å². The second-order valence-electron chi connectivity index (χ2n) is 17.9. The molecule has 0 aromatic heterocycles. The summed E-state index contributed by atoms with van der Waals surface area (Å²) < 4.78 is 19.8. The highest BCUT2D eigenvalue weighted by molar-refractivity contribution is 6.70. The van der Waals surface area contributed by atoms with Crippen LogP contribution in [0.4, 0.5) is 0 Å². The lowest BCUT2D eigenvalue weighted by atomic mass is 9.60. The van der Waals surface area contributed by atoms with Gasteiger partial charge in [0.05, 0.1) is 17.8 Å². The van der Waals surface area contributed by atoms with Crippen LogP contribution in [-0.4, -0.2) is 42.8 Å². The van der Waals surface area contributed by atoms with E-state index in [0.717, 1.165) is 30.6 Å². The third-order valence-corrected chi connectivity index (χ3v) is 13.2. The zero-order chi connectivity index (χ0) is 31.7. The summed E-state index contributed by atoms with van der Waals surface area (Å²) in [6.07, 6.45) is 17.7. The molecule has 42 heavy (non-hydrogen) atoms. The quantitative estimate of drug-likeness (QED) is 0.200. The Bertz CT molecular complexity index is 994. The van der Waals surface area contributed by atoms with Gasteiger partial charge in [0, 0.05) is 6.42 Å². The molecule has 0 amide bonds. The van der Waals surface area contributed by atoms with Crippen molar-refractivity contribution in [1.82, 2.24) is 0 Å². The van der Waals surface area contributed by atoms with Gasteiger partial charge in [-0.2, -0.15) is 0 Å². The van der Waals surface area contributed by atoms with E-state index in [1.807, 2.05) is 0 Å². The molecule has 242 valence electrons. The van der Waals surface area contributed by atoms with Gasteiger partial charge in [0.2, 0.25) is 0 Å². The maximum atomic E-state index is 6.67. The molecule has 0 N–H and O–H groups in total. The lowest BCUT2D eigenvalue weighted by molar-refractivity contribution is 0.0735. The van der Waals surface area contributed by atoms with E-state index in [1.54, 1.807) is 5.57 Å². The molecule has 0 aliphatic heterocycles. The zero-order valence-corrected chi connectivity index (χ0v) is 33.0. The molecule has 3 aliphatic carbocycles. The predicted octanol–water partition coefficient (Wildman–Crippen LogP) is 11.3. The fourth-order valence-corrected chi connectivity index (χ4v) is 12.7. The molecule has 0 aromatic rings. The van der Waals surface area contributed by atoms with Crippen LogP contribution >= 0.6 is 0 Å². The molecule has 0 saturated heterocycles. The van der Waals surface area contributed by atoms with E-state index in [0.29, 0.717) is 5.41 Å². The summed E-state index contributed by atoms with van der Waals surface area (Å²) in [7, 11) is -4.85. The van der Waals surface area contributed by atoms with E-state index in [9.17, 15) is 0 Å². The molecule has 6 heteroatoms. The third kappa shape index (κ3) is 10.4. The molecule has 0 heterocycles. The van der Waals surface area contributed by atoms with Gasteiger partial charge in [0.1, 0.15) is 0 Å². The fraction of sp³-hybridized carbons (Fsp3) is 0.833. The second-order valence-corrected chi connectivity index (χ2v) is 31.3. The minimum Gasteiger partial charge on any atom is -0.414 e. The lowest BCUT2D eigenvalue weighted by Crippen LogP contribution is -2.42. The molecule has 6 atom stereocenters. The van der Waals surface area contributed by atoms with Crippen LogP contribution in [0.1, 0.15) is 91.9 Å². The summed E-state index contributed by atoms with van der Waals surface area (Å²) in [6.45, 7) is 35.1. The Labute approximate surface area is 264 Å². The summed E-state index contributed by atoms with van der Waals surface area (Å²) in [5.74, 6) is 2.33. The summed E-state index contributed by atoms with van der Waals surface area (Å²) >= 11 is 0. The van der Waals surface area contributed by atoms with Gasteiger partial charge in [0.15, 0.2) is 25.0 Å². The highest BCUT2D eigenvalue weighted by Crippen LogP contribution is 2.60. The molecule has 3 aliphatic rings. The van der Waals surface area contributed by atoms with Gasteiger partial charge >= 0.3 is 0 Å². The van der Waals surface area contributed by atoms with Crippen molar-refractivity contribution in [2.24, 2.45) is 23.2 Å². The van der Waals surface area contributed by atoms with Crippen molar-refractivity contribution in [1.29, 1.82) is 0 Å². The topological polar surface area (TPSA) is 27.7 Å². The molecule has 0 spiro atoms. The van der Waals surface area contributed by atoms with Gasteiger partial charge in [-0.3, -0.25) is 0 Å². The molecule has 3 rings (SSSR count). The Morgan fingerprint density at radius 1 is 0.952 bits per heavy atom. The predicted molar refractivity (Wildman–Crippen MR) is 191 cm³/mol. The summed E-state index contributed by atoms with van der Waals surface area (Å²) in [5, 5.41) is 0. The first-order chi connectivity index (χ1) is 19.1. The molecular formula is C36H68O3Si3. The SMILES string of the molecule is C=C1/C(=C\C=C2/CCC[C@]3(C)[C@@H]([C@H](C)CCCC(C)(C)O[Si](C)(C)C)CC[C@@H]23)C[C@@H](O[Si](C)(C)C)CC1O[Si](C)(C)C. The van der Waals surface area contributed by atoms with Crippen LogP contribution in [0.2, 0.25) is 58.9 Å². The Balaban J connectivity index is 1.73. The van der Waals surface area contributed by atoms with E-state index < -0.39 is 25.0 Å². The number of hydrogen-bond donors (Lipinski definition) is 0. The Morgan fingerprint density at radius 2 is 1.60 bits per heavy atom. The average molecular weight is 633 g/mol. The van der Waals surface area contributed by atoms with Crippen molar-refractivity contribution < 1.29 is 13.3 Å². The second kappa shape index (κ2) is 13.6. The number of hydrogen-bond acceptors (Lipinski definition) is 3. The Hall–Kier alpha value is -0.249. The van der Waals surface area contributed by atoms with Crippen molar-refractivity contribution in [2.45, 2.75) is 169 Å². The van der Waals surface area contributed by atoms with Crippen LogP contribution in [0.15, 0.2) is 35.5 Å². The zero-order valence-electron chi connectivity index (χ0n) is 30.0. The standard InChI is InChI=1S/C36H68O3Si3/c1-27(17-15-23-35(3,4)39-42(12,13)14)32-21-22-33-29(18-16-24-36(32,33)5)19-20-30-25-31(37-40(6,7)8)26-34(28(30)2)38-41(9,10)11/h19-20,27,31-34H,2,15-18,21-26H2,1,3-14H3/b29-19+,30-20-/t27-,31-,32-,33+,34?,36-/m1/s1. The van der Waals surface area contributed by atoms with E-state index in [4.69, 9.17) is 13.3 Å². The van der Waals surface area contributed by atoms with E-state index in [2.05, 4.69) is 105 Å². The molecule has 0 radical (unpaired) electrons. The van der Waals surface area contributed by atoms with Crippen molar-refractivity contribution in [3.05, 3.63) is 35.5 Å². The minimum atomic E-state index is -1.69. The van der Waals surface area contributed by atoms with Crippen molar-refractivity contribution in [2.75, 3.05) is 0 Å². The molecule has 0 bridgehead atoms. The maximum absolute atomic E-state index is 6.67. The third-order valence-electron chi connectivity index (χ3n) is 9.99. The van der Waals surface area contributed by atoms with Gasteiger partial charge in [-0.15, -0.1) is 0 Å². The van der Waals surface area contributed by atoms with Crippen LogP contribution < -0.4 is 0 Å². The highest BCUT2D eigenvalue weighted by atomic mass is 28.4. The first-order valence-electron chi connectivity index (χ1n) is 17.2. The smallest absolute Gasteiger partial charge is 0.184 e. The highest BCUT2D eigenvalue weighted by Gasteiger charge is 2.50. The van der Waals surface area contributed by atoms with Crippen molar-refractivity contribution >= 4 is 25.0 Å². The summed E-state index contributed by atoms with van der Waals surface area (Å²) in [5.41, 5.74) is 4.69. The largest absolute Gasteiger partial charge is 0.414 e. The lowest BCUT2D eigenvalue weighted by Gasteiger charge is -2.44. The van der Waals surface area contributed by atoms with Crippen LogP contribution in [0, 0.1) is 23.2 Å². The molecule has 0 aromatic carbocycles. The number of allylic oxidation sites excluding steroid dienone is 3. The van der Waals surface area contributed by atoms with E-state index >= 15 is 0 Å². The molecular weight excluding hydrogens is 565 g/mol. The van der Waals surface area contributed by atoms with Crippen molar-refractivity contribution in [3.63, 3.8) is 0 Å². The maximum Gasteiger partial charge on any atom is 0.184 e. The summed E-state index contributed by atoms with van der Waals surface area (Å²) in [4.78, 5) is 0. The first kappa shape index (κ1) is 36.2. The minimum absolute atomic E-state index is 0.00190. The summed E-state index contributed by atoms with van der Waals surface area (Å²) in [6, 6.07) is 0. The van der Waals surface area contributed by atoms with Crippen molar-refractivity contribution in [3.8, 4) is 0 Å². The molecule has 3 saturated carbocycles. The van der Waals surface area contributed by atoms with Crippen LogP contribution in [0.25, 0.3) is 0 Å². The van der Waals surface area contributed by atoms with Gasteiger partial charge in [-0.05, 0) is 152 Å². The average Bonchev–Trinajstić information content (AvgIpc) is 3.14. The number of fused-ring (bicyclic) bond motifs is 1. The Kier molecular flexibility index (Phi) is 11.7. The number of rotatable bonds is 12. The van der Waals surface area contributed by atoms with Gasteiger partial charge in [-0.25, -0.2) is 0 Å².